The highest BCUT2D eigenvalue weighted by Gasteiger charge is 2.07. The lowest BCUT2D eigenvalue weighted by molar-refractivity contribution is 0.289. The van der Waals surface area contributed by atoms with E-state index in [-0.39, 0.29) is 12.4 Å². The van der Waals surface area contributed by atoms with Gasteiger partial charge < -0.3 is 10.5 Å². The van der Waals surface area contributed by atoms with Crippen molar-refractivity contribution in [3.63, 3.8) is 0 Å². The molecule has 0 saturated heterocycles. The number of thiazole rings is 1. The quantitative estimate of drug-likeness (QED) is 0.514. The van der Waals surface area contributed by atoms with Crippen molar-refractivity contribution >= 4 is 28.5 Å². The lowest BCUT2D eigenvalue weighted by Gasteiger charge is -2.09. The molecule has 3 N–H and O–H groups in total. The molecule has 5 nitrogen and oxygen atoms in total. The SMILES string of the molecule is Nc1csc(NN=Cc2ccccc2COc2ccc(F)cc2F)n1. The highest BCUT2D eigenvalue weighted by molar-refractivity contribution is 7.14. The third-order valence-corrected chi connectivity index (χ3v) is 3.98. The number of nitrogens with one attached hydrogen (secondary N) is 1. The smallest absolute Gasteiger partial charge is 0.205 e. The van der Waals surface area contributed by atoms with E-state index < -0.39 is 11.6 Å². The van der Waals surface area contributed by atoms with Crippen LogP contribution >= 0.6 is 11.3 Å². The van der Waals surface area contributed by atoms with Gasteiger partial charge in [0.2, 0.25) is 5.13 Å². The van der Waals surface area contributed by atoms with Gasteiger partial charge >= 0.3 is 0 Å². The molecule has 1 aromatic heterocycles. The summed E-state index contributed by atoms with van der Waals surface area (Å²) in [5.41, 5.74) is 9.92. The van der Waals surface area contributed by atoms with Crippen molar-refractivity contribution < 1.29 is 13.5 Å². The molecule has 0 aliphatic heterocycles. The molecule has 0 saturated carbocycles. The molecule has 2 aromatic carbocycles. The average Bonchev–Trinajstić information content (AvgIpc) is 3.00. The van der Waals surface area contributed by atoms with Crippen molar-refractivity contribution in [1.82, 2.24) is 4.98 Å². The zero-order chi connectivity index (χ0) is 17.6. The molecular formula is C17H14F2N4OS. The van der Waals surface area contributed by atoms with Crippen LogP contribution in [0.3, 0.4) is 0 Å². The van der Waals surface area contributed by atoms with Crippen LogP contribution in [-0.4, -0.2) is 11.2 Å². The molecule has 1 heterocycles. The second-order valence-electron chi connectivity index (χ2n) is 5.01. The van der Waals surface area contributed by atoms with Gasteiger partial charge in [0.15, 0.2) is 11.6 Å². The van der Waals surface area contributed by atoms with E-state index in [1.54, 1.807) is 11.6 Å². The van der Waals surface area contributed by atoms with Crippen molar-refractivity contribution in [2.45, 2.75) is 6.61 Å². The van der Waals surface area contributed by atoms with Crippen molar-refractivity contribution in [2.24, 2.45) is 5.10 Å². The Kier molecular flexibility index (Phi) is 5.20. The average molecular weight is 360 g/mol. The Bertz CT molecular complexity index is 898. The molecule has 0 aliphatic carbocycles. The second-order valence-corrected chi connectivity index (χ2v) is 5.87. The van der Waals surface area contributed by atoms with Gasteiger partial charge in [0.25, 0.3) is 0 Å². The number of hydrogen-bond donors (Lipinski definition) is 2. The monoisotopic (exact) mass is 360 g/mol. The maximum Gasteiger partial charge on any atom is 0.205 e. The van der Waals surface area contributed by atoms with Crippen LogP contribution in [0.1, 0.15) is 11.1 Å². The third kappa shape index (κ3) is 4.51. The summed E-state index contributed by atoms with van der Waals surface area (Å²) in [6.07, 6.45) is 1.61. The fourth-order valence-electron chi connectivity index (χ4n) is 2.03. The molecule has 0 aliphatic rings. The van der Waals surface area contributed by atoms with Crippen LogP contribution in [0.25, 0.3) is 0 Å². The highest BCUT2D eigenvalue weighted by atomic mass is 32.1. The Morgan fingerprint density at radius 1 is 1.24 bits per heavy atom. The van der Waals surface area contributed by atoms with Gasteiger partial charge in [0, 0.05) is 17.0 Å². The number of hydrazone groups is 1. The lowest BCUT2D eigenvalue weighted by Crippen LogP contribution is -2.02. The van der Waals surface area contributed by atoms with E-state index in [0.29, 0.717) is 10.9 Å². The molecule has 25 heavy (non-hydrogen) atoms. The van der Waals surface area contributed by atoms with Crippen LogP contribution in [0.4, 0.5) is 19.7 Å². The van der Waals surface area contributed by atoms with Crippen molar-refractivity contribution in [3.8, 4) is 5.75 Å². The molecule has 0 radical (unpaired) electrons. The summed E-state index contributed by atoms with van der Waals surface area (Å²) in [4.78, 5) is 4.03. The summed E-state index contributed by atoms with van der Waals surface area (Å²) in [6, 6.07) is 10.6. The molecule has 3 rings (SSSR count). The van der Waals surface area contributed by atoms with Gasteiger partial charge in [-0.05, 0) is 17.7 Å². The molecule has 0 fully saturated rings. The molecule has 0 unspecified atom stereocenters. The molecule has 0 spiro atoms. The van der Waals surface area contributed by atoms with E-state index in [1.807, 2.05) is 24.3 Å². The van der Waals surface area contributed by atoms with Crippen molar-refractivity contribution in [1.29, 1.82) is 0 Å². The molecule has 0 atom stereocenters. The lowest BCUT2D eigenvalue weighted by atomic mass is 10.1. The predicted octanol–water partition coefficient (Wildman–Crippen LogP) is 4.03. The van der Waals surface area contributed by atoms with Crippen LogP contribution < -0.4 is 15.9 Å². The van der Waals surface area contributed by atoms with E-state index in [4.69, 9.17) is 10.5 Å². The Balaban J connectivity index is 1.68. The Labute approximate surface area is 146 Å². The number of halogens is 2. The van der Waals surface area contributed by atoms with E-state index in [9.17, 15) is 8.78 Å². The van der Waals surface area contributed by atoms with Crippen molar-refractivity contribution in [2.75, 3.05) is 11.2 Å². The van der Waals surface area contributed by atoms with Gasteiger partial charge in [0.05, 0.1) is 6.21 Å². The van der Waals surface area contributed by atoms with Gasteiger partial charge in [-0.15, -0.1) is 11.3 Å². The number of nitrogens with zero attached hydrogens (tertiary/aromatic N) is 2. The first-order valence-corrected chi connectivity index (χ1v) is 8.15. The minimum Gasteiger partial charge on any atom is -0.486 e. The maximum atomic E-state index is 13.6. The van der Waals surface area contributed by atoms with E-state index >= 15 is 0 Å². The number of nitrogens with two attached hydrogens (primary N) is 1. The summed E-state index contributed by atoms with van der Waals surface area (Å²) >= 11 is 1.34. The summed E-state index contributed by atoms with van der Waals surface area (Å²) in [7, 11) is 0. The number of hydrogen-bond acceptors (Lipinski definition) is 6. The first-order valence-electron chi connectivity index (χ1n) is 7.27. The summed E-state index contributed by atoms with van der Waals surface area (Å²) in [5.74, 6) is -0.970. The van der Waals surface area contributed by atoms with Gasteiger partial charge in [-0.1, -0.05) is 24.3 Å². The van der Waals surface area contributed by atoms with Gasteiger partial charge in [-0.25, -0.2) is 13.8 Å². The zero-order valence-electron chi connectivity index (χ0n) is 12.9. The normalized spacial score (nSPS) is 11.0. The summed E-state index contributed by atoms with van der Waals surface area (Å²) in [5, 5.41) is 6.39. The van der Waals surface area contributed by atoms with Gasteiger partial charge in [-0.3, -0.25) is 5.43 Å². The molecular weight excluding hydrogens is 346 g/mol. The predicted molar refractivity (Wildman–Crippen MR) is 94.9 cm³/mol. The van der Waals surface area contributed by atoms with E-state index in [2.05, 4.69) is 15.5 Å². The molecule has 3 aromatic rings. The van der Waals surface area contributed by atoms with Crippen LogP contribution in [0.15, 0.2) is 52.9 Å². The van der Waals surface area contributed by atoms with E-state index in [0.717, 1.165) is 23.3 Å². The van der Waals surface area contributed by atoms with Gasteiger partial charge in [0.1, 0.15) is 18.2 Å². The second kappa shape index (κ2) is 7.71. The van der Waals surface area contributed by atoms with Crippen LogP contribution in [-0.2, 0) is 6.61 Å². The Morgan fingerprint density at radius 2 is 2.08 bits per heavy atom. The molecule has 8 heteroatoms. The van der Waals surface area contributed by atoms with Crippen LogP contribution in [0.5, 0.6) is 5.75 Å². The first kappa shape index (κ1) is 16.8. The topological polar surface area (TPSA) is 72.5 Å². The zero-order valence-corrected chi connectivity index (χ0v) is 13.8. The number of nitrogen functional groups attached to an aromatic ring is 1. The fourth-order valence-corrected chi connectivity index (χ4v) is 2.58. The fraction of sp³-hybridized carbons (Fsp3) is 0.0588. The standard InChI is InChI=1S/C17H14F2N4OS/c18-13-5-6-15(14(19)7-13)24-9-12-4-2-1-3-11(12)8-21-23-17-22-16(20)10-25-17/h1-8,10H,9,20H2,(H,22,23). The van der Waals surface area contributed by atoms with Crippen molar-refractivity contribution in [3.05, 3.63) is 70.6 Å². The van der Waals surface area contributed by atoms with Crippen LogP contribution in [0.2, 0.25) is 0 Å². The minimum atomic E-state index is -0.742. The largest absolute Gasteiger partial charge is 0.486 e. The summed E-state index contributed by atoms with van der Waals surface area (Å²) in [6.45, 7) is 0.120. The maximum absolute atomic E-state index is 13.6. The Morgan fingerprint density at radius 3 is 2.84 bits per heavy atom. The molecule has 0 amide bonds. The number of aromatic nitrogens is 1. The number of rotatable bonds is 6. The number of anilines is 2. The number of ether oxygens (including phenoxy) is 1. The third-order valence-electron chi connectivity index (χ3n) is 3.22. The molecule has 128 valence electrons. The molecule has 0 bridgehead atoms. The van der Waals surface area contributed by atoms with E-state index in [1.165, 1.54) is 17.4 Å². The van der Waals surface area contributed by atoms with Crippen LogP contribution in [0, 0.1) is 11.6 Å². The van der Waals surface area contributed by atoms with Gasteiger partial charge in [-0.2, -0.15) is 5.10 Å². The minimum absolute atomic E-state index is 0.00970. The highest BCUT2D eigenvalue weighted by Crippen LogP contribution is 2.20. The summed E-state index contributed by atoms with van der Waals surface area (Å²) < 4.78 is 32.0. The number of benzene rings is 2. The first-order chi connectivity index (χ1) is 12.1. The Hall–Kier alpha value is -3.00.